The summed E-state index contributed by atoms with van der Waals surface area (Å²) < 4.78 is 2.25. The summed E-state index contributed by atoms with van der Waals surface area (Å²) >= 11 is 2.15. The van der Waals surface area contributed by atoms with Gasteiger partial charge in [-0.05, 0) is 44.6 Å². The molecule has 0 amide bonds. The molecular formula is C17H29N3S. The molecule has 2 heterocycles. The van der Waals surface area contributed by atoms with Gasteiger partial charge in [0.05, 0.1) is 11.7 Å². The lowest BCUT2D eigenvalue weighted by Gasteiger charge is -2.29. The predicted octanol–water partition coefficient (Wildman–Crippen LogP) is 3.80. The number of rotatable bonds is 5. The highest BCUT2D eigenvalue weighted by Crippen LogP contribution is 2.30. The molecule has 1 saturated carbocycles. The summed E-state index contributed by atoms with van der Waals surface area (Å²) in [6, 6.07) is 3.47. The van der Waals surface area contributed by atoms with Gasteiger partial charge >= 0.3 is 0 Å². The molecule has 2 atom stereocenters. The van der Waals surface area contributed by atoms with Gasteiger partial charge in [-0.2, -0.15) is 16.9 Å². The third kappa shape index (κ3) is 4.04. The van der Waals surface area contributed by atoms with Crippen LogP contribution in [0.5, 0.6) is 0 Å². The lowest BCUT2D eigenvalue weighted by Crippen LogP contribution is -2.39. The molecule has 0 spiro atoms. The summed E-state index contributed by atoms with van der Waals surface area (Å²) in [6.45, 7) is 0. The molecular weight excluding hydrogens is 278 g/mol. The van der Waals surface area contributed by atoms with Crippen molar-refractivity contribution >= 4 is 11.8 Å². The first kappa shape index (κ1) is 15.4. The van der Waals surface area contributed by atoms with Crippen LogP contribution >= 0.6 is 11.8 Å². The average molecular weight is 308 g/mol. The zero-order chi connectivity index (χ0) is 14.5. The Morgan fingerprint density at radius 3 is 2.76 bits per heavy atom. The Bertz CT molecular complexity index is 419. The van der Waals surface area contributed by atoms with Gasteiger partial charge in [0, 0.05) is 23.9 Å². The molecule has 0 radical (unpaired) electrons. The maximum absolute atomic E-state index is 4.88. The Labute approximate surface area is 133 Å². The van der Waals surface area contributed by atoms with Gasteiger partial charge in [0.15, 0.2) is 0 Å². The first-order valence-corrected chi connectivity index (χ1v) is 9.74. The van der Waals surface area contributed by atoms with Crippen molar-refractivity contribution in [1.82, 2.24) is 15.1 Å². The van der Waals surface area contributed by atoms with E-state index in [1.807, 2.05) is 0 Å². The monoisotopic (exact) mass is 307 g/mol. The quantitative estimate of drug-likeness (QED) is 0.897. The van der Waals surface area contributed by atoms with Crippen LogP contribution in [0.1, 0.15) is 63.1 Å². The standard InChI is InChI=1S/C17H29N3S/c1-18-16(17-9-5-6-12-21-17)13-14-10-11-20(19-14)15-7-3-2-4-8-15/h10-11,15-18H,2-9,12-13H2,1H3. The Kier molecular flexibility index (Phi) is 5.64. The number of thioether (sulfide) groups is 1. The fourth-order valence-corrected chi connectivity index (χ4v) is 5.23. The molecule has 118 valence electrons. The number of likely N-dealkylation sites (N-methyl/N-ethyl adjacent to an activating group) is 1. The first-order valence-electron chi connectivity index (χ1n) is 8.69. The lowest BCUT2D eigenvalue weighted by molar-refractivity contribution is 0.327. The highest BCUT2D eigenvalue weighted by Gasteiger charge is 2.24. The van der Waals surface area contributed by atoms with E-state index < -0.39 is 0 Å². The minimum atomic E-state index is 0.574. The van der Waals surface area contributed by atoms with Crippen molar-refractivity contribution in [2.75, 3.05) is 12.8 Å². The van der Waals surface area contributed by atoms with Crippen LogP contribution in [0.4, 0.5) is 0 Å². The molecule has 2 unspecified atom stereocenters. The lowest BCUT2D eigenvalue weighted by atomic mass is 9.96. The number of aromatic nitrogens is 2. The summed E-state index contributed by atoms with van der Waals surface area (Å²) in [7, 11) is 2.11. The van der Waals surface area contributed by atoms with Crippen molar-refractivity contribution in [3.8, 4) is 0 Å². The molecule has 3 rings (SSSR count). The summed E-state index contributed by atoms with van der Waals surface area (Å²) in [4.78, 5) is 0. The molecule has 2 fully saturated rings. The minimum absolute atomic E-state index is 0.574. The average Bonchev–Trinajstić information content (AvgIpc) is 3.03. The van der Waals surface area contributed by atoms with Crippen molar-refractivity contribution in [3.63, 3.8) is 0 Å². The van der Waals surface area contributed by atoms with E-state index in [2.05, 4.69) is 41.1 Å². The van der Waals surface area contributed by atoms with Crippen LogP contribution in [0.2, 0.25) is 0 Å². The van der Waals surface area contributed by atoms with Gasteiger partial charge in [-0.1, -0.05) is 25.7 Å². The molecule has 0 bridgehead atoms. The van der Waals surface area contributed by atoms with Crippen LogP contribution in [0, 0.1) is 0 Å². The summed E-state index contributed by atoms with van der Waals surface area (Å²) in [5.74, 6) is 1.33. The van der Waals surface area contributed by atoms with Crippen LogP contribution in [-0.4, -0.2) is 33.9 Å². The molecule has 2 aliphatic rings. The second kappa shape index (κ2) is 7.68. The number of hydrogen-bond acceptors (Lipinski definition) is 3. The van der Waals surface area contributed by atoms with Gasteiger partial charge in [0.25, 0.3) is 0 Å². The predicted molar refractivity (Wildman–Crippen MR) is 91.0 cm³/mol. The normalized spacial score (nSPS) is 25.9. The van der Waals surface area contributed by atoms with Gasteiger partial charge in [0.2, 0.25) is 0 Å². The molecule has 1 N–H and O–H groups in total. The van der Waals surface area contributed by atoms with E-state index in [4.69, 9.17) is 5.10 Å². The maximum atomic E-state index is 4.88. The van der Waals surface area contributed by atoms with E-state index in [-0.39, 0.29) is 0 Å². The second-order valence-electron chi connectivity index (χ2n) is 6.58. The molecule has 1 aliphatic carbocycles. The molecule has 1 aromatic rings. The Hall–Kier alpha value is -0.480. The minimum Gasteiger partial charge on any atom is -0.316 e. The van der Waals surface area contributed by atoms with E-state index in [0.29, 0.717) is 12.1 Å². The number of nitrogens with one attached hydrogen (secondary N) is 1. The second-order valence-corrected chi connectivity index (χ2v) is 7.93. The molecule has 1 aliphatic heterocycles. The summed E-state index contributed by atoms with van der Waals surface area (Å²) in [6.07, 6.45) is 14.2. The summed E-state index contributed by atoms with van der Waals surface area (Å²) in [5.41, 5.74) is 1.27. The maximum Gasteiger partial charge on any atom is 0.0640 e. The van der Waals surface area contributed by atoms with Crippen molar-refractivity contribution < 1.29 is 0 Å². The van der Waals surface area contributed by atoms with Gasteiger partial charge in [-0.15, -0.1) is 0 Å². The van der Waals surface area contributed by atoms with E-state index in [0.717, 1.165) is 11.7 Å². The molecule has 4 heteroatoms. The fraction of sp³-hybridized carbons (Fsp3) is 0.824. The van der Waals surface area contributed by atoms with Crippen molar-refractivity contribution in [2.24, 2.45) is 0 Å². The van der Waals surface area contributed by atoms with Crippen LogP contribution < -0.4 is 5.32 Å². The largest absolute Gasteiger partial charge is 0.316 e. The Morgan fingerprint density at radius 1 is 1.24 bits per heavy atom. The van der Waals surface area contributed by atoms with Crippen molar-refractivity contribution in [3.05, 3.63) is 18.0 Å². The van der Waals surface area contributed by atoms with Gasteiger partial charge in [-0.3, -0.25) is 4.68 Å². The van der Waals surface area contributed by atoms with Gasteiger partial charge in [-0.25, -0.2) is 0 Å². The van der Waals surface area contributed by atoms with E-state index in [1.165, 1.54) is 62.8 Å². The fourth-order valence-electron chi connectivity index (χ4n) is 3.76. The zero-order valence-corrected chi connectivity index (χ0v) is 14.1. The topological polar surface area (TPSA) is 29.9 Å². The van der Waals surface area contributed by atoms with Crippen LogP contribution in [0.25, 0.3) is 0 Å². The third-order valence-corrected chi connectivity index (χ3v) is 6.59. The molecule has 3 nitrogen and oxygen atoms in total. The van der Waals surface area contributed by atoms with E-state index in [1.54, 1.807) is 0 Å². The van der Waals surface area contributed by atoms with E-state index >= 15 is 0 Å². The molecule has 1 saturated heterocycles. The highest BCUT2D eigenvalue weighted by molar-refractivity contribution is 8.00. The molecule has 21 heavy (non-hydrogen) atoms. The molecule has 1 aromatic heterocycles. The summed E-state index contributed by atoms with van der Waals surface area (Å²) in [5, 5.41) is 9.19. The third-order valence-electron chi connectivity index (χ3n) is 5.08. The van der Waals surface area contributed by atoms with Gasteiger partial charge in [0.1, 0.15) is 0 Å². The van der Waals surface area contributed by atoms with Crippen LogP contribution in [0.15, 0.2) is 12.3 Å². The Morgan fingerprint density at radius 2 is 2.05 bits per heavy atom. The smallest absolute Gasteiger partial charge is 0.0640 e. The highest BCUT2D eigenvalue weighted by atomic mass is 32.2. The van der Waals surface area contributed by atoms with Crippen LogP contribution in [0.3, 0.4) is 0 Å². The van der Waals surface area contributed by atoms with Crippen molar-refractivity contribution in [1.29, 1.82) is 0 Å². The zero-order valence-electron chi connectivity index (χ0n) is 13.3. The Balaban J connectivity index is 1.59. The number of hydrogen-bond donors (Lipinski definition) is 1. The SMILES string of the molecule is CNC(Cc1ccn(C2CCCCC2)n1)C1CCCCS1. The number of nitrogens with zero attached hydrogens (tertiary/aromatic N) is 2. The molecule has 0 aromatic carbocycles. The van der Waals surface area contributed by atoms with Crippen molar-refractivity contribution in [2.45, 2.75) is 75.1 Å². The van der Waals surface area contributed by atoms with E-state index in [9.17, 15) is 0 Å². The van der Waals surface area contributed by atoms with Crippen LogP contribution in [-0.2, 0) is 6.42 Å². The first-order chi connectivity index (χ1) is 10.4. The van der Waals surface area contributed by atoms with Gasteiger partial charge < -0.3 is 5.32 Å².